The number of nitrogens with zero attached hydrogens (tertiary/aromatic N) is 2. The number of hydrogen-bond donors (Lipinski definition) is 0. The Labute approximate surface area is 193 Å². The van der Waals surface area contributed by atoms with E-state index in [1.807, 2.05) is 24.3 Å². The van der Waals surface area contributed by atoms with Gasteiger partial charge in [-0.05, 0) is 55.3 Å². The number of thiazole rings is 1. The molecule has 1 atom stereocenters. The van der Waals surface area contributed by atoms with Crippen LogP contribution in [0, 0.1) is 0 Å². The van der Waals surface area contributed by atoms with E-state index in [9.17, 15) is 9.59 Å². The number of methoxy groups -OCH3 is 1. The Balaban J connectivity index is 1.94. The molecule has 0 amide bonds. The topological polar surface area (TPSA) is 69.9 Å². The van der Waals surface area contributed by atoms with Gasteiger partial charge in [0.05, 0.1) is 35.6 Å². The smallest absolute Gasteiger partial charge is 0.338 e. The Hall–Kier alpha value is -3.16. The average Bonchev–Trinajstić information content (AvgIpc) is 3.07. The molecule has 32 heavy (non-hydrogen) atoms. The zero-order chi connectivity index (χ0) is 22.8. The maximum absolute atomic E-state index is 13.5. The van der Waals surface area contributed by atoms with E-state index < -0.39 is 12.0 Å². The molecule has 0 saturated heterocycles. The van der Waals surface area contributed by atoms with Gasteiger partial charge >= 0.3 is 5.97 Å². The number of carbonyl (C=O) groups is 1. The minimum absolute atomic E-state index is 0.226. The normalized spacial score (nSPS) is 15.9. The van der Waals surface area contributed by atoms with Gasteiger partial charge in [-0.2, -0.15) is 0 Å². The van der Waals surface area contributed by atoms with E-state index >= 15 is 0 Å². The lowest BCUT2D eigenvalue weighted by molar-refractivity contribution is -0.139. The van der Waals surface area contributed by atoms with Gasteiger partial charge in [0.25, 0.3) is 5.56 Å². The van der Waals surface area contributed by atoms with E-state index in [-0.39, 0.29) is 12.2 Å². The molecule has 0 saturated carbocycles. The van der Waals surface area contributed by atoms with Crippen LogP contribution in [0.15, 0.2) is 69.6 Å². The number of aromatic nitrogens is 1. The molecule has 0 aliphatic carbocycles. The summed E-state index contributed by atoms with van der Waals surface area (Å²) in [5, 5.41) is 0.586. The van der Waals surface area contributed by atoms with Crippen molar-refractivity contribution in [3.8, 4) is 5.75 Å². The van der Waals surface area contributed by atoms with Crippen LogP contribution in [0.2, 0.25) is 5.02 Å². The van der Waals surface area contributed by atoms with E-state index in [4.69, 9.17) is 21.1 Å². The summed E-state index contributed by atoms with van der Waals surface area (Å²) in [6, 6.07) is 13.9. The van der Waals surface area contributed by atoms with Gasteiger partial charge in [0.15, 0.2) is 4.80 Å². The first-order chi connectivity index (χ1) is 15.4. The van der Waals surface area contributed by atoms with Crippen LogP contribution in [-0.4, -0.2) is 24.3 Å². The zero-order valence-corrected chi connectivity index (χ0v) is 19.4. The molecule has 0 radical (unpaired) electrons. The highest BCUT2D eigenvalue weighted by Crippen LogP contribution is 2.31. The van der Waals surface area contributed by atoms with Crippen molar-refractivity contribution >= 4 is 35.0 Å². The number of hydrogen-bond acceptors (Lipinski definition) is 6. The Kier molecular flexibility index (Phi) is 6.30. The Morgan fingerprint density at radius 3 is 2.66 bits per heavy atom. The number of rotatable bonds is 5. The summed E-state index contributed by atoms with van der Waals surface area (Å²) in [5.41, 5.74) is 2.21. The second-order valence-electron chi connectivity index (χ2n) is 7.13. The van der Waals surface area contributed by atoms with E-state index in [0.29, 0.717) is 31.4 Å². The van der Waals surface area contributed by atoms with Crippen LogP contribution in [-0.2, 0) is 9.53 Å². The summed E-state index contributed by atoms with van der Waals surface area (Å²) in [7, 11) is 1.59. The van der Waals surface area contributed by atoms with Gasteiger partial charge in [0.1, 0.15) is 5.75 Å². The third kappa shape index (κ3) is 4.13. The molecule has 6 nitrogen and oxygen atoms in total. The van der Waals surface area contributed by atoms with Gasteiger partial charge in [-0.1, -0.05) is 47.2 Å². The molecule has 2 aromatic carbocycles. The van der Waals surface area contributed by atoms with Crippen LogP contribution in [0.4, 0.5) is 0 Å². The molecule has 1 unspecified atom stereocenters. The third-order valence-electron chi connectivity index (χ3n) is 5.10. The number of benzene rings is 2. The van der Waals surface area contributed by atoms with Crippen molar-refractivity contribution in [3.63, 3.8) is 0 Å². The molecule has 8 heteroatoms. The predicted molar refractivity (Wildman–Crippen MR) is 125 cm³/mol. The number of halogens is 1. The Morgan fingerprint density at radius 2 is 2.00 bits per heavy atom. The second-order valence-corrected chi connectivity index (χ2v) is 8.58. The van der Waals surface area contributed by atoms with Crippen molar-refractivity contribution in [2.75, 3.05) is 13.7 Å². The van der Waals surface area contributed by atoms with Crippen LogP contribution in [0.5, 0.6) is 5.75 Å². The molecular weight excluding hydrogens is 448 g/mol. The van der Waals surface area contributed by atoms with Gasteiger partial charge in [-0.3, -0.25) is 9.36 Å². The fourth-order valence-corrected chi connectivity index (χ4v) is 4.89. The average molecular weight is 469 g/mol. The minimum Gasteiger partial charge on any atom is -0.497 e. The van der Waals surface area contributed by atoms with Crippen molar-refractivity contribution in [1.82, 2.24) is 4.57 Å². The molecule has 3 aromatic rings. The van der Waals surface area contributed by atoms with Gasteiger partial charge in [0, 0.05) is 5.02 Å². The van der Waals surface area contributed by atoms with E-state index in [1.165, 1.54) is 11.3 Å². The number of allylic oxidation sites excluding steroid dienone is 1. The summed E-state index contributed by atoms with van der Waals surface area (Å²) >= 11 is 7.37. The quantitative estimate of drug-likeness (QED) is 0.538. The SMILES string of the molecule is CCOC(=O)C1=C(C)N=c2s/c(=C/c3cccc(Cl)c3)c(=O)n2C1c1ccc(OC)cc1. The number of ether oxygens (including phenoxy) is 2. The highest BCUT2D eigenvalue weighted by molar-refractivity contribution is 7.07. The third-order valence-corrected chi connectivity index (χ3v) is 6.31. The van der Waals surface area contributed by atoms with Crippen LogP contribution < -0.4 is 19.6 Å². The van der Waals surface area contributed by atoms with Crippen molar-refractivity contribution in [3.05, 3.63) is 95.6 Å². The molecule has 0 N–H and O–H groups in total. The minimum atomic E-state index is -0.655. The van der Waals surface area contributed by atoms with Crippen LogP contribution in [0.25, 0.3) is 6.08 Å². The Morgan fingerprint density at radius 1 is 1.25 bits per heavy atom. The van der Waals surface area contributed by atoms with Gasteiger partial charge in [-0.15, -0.1) is 0 Å². The fraction of sp³-hybridized carbons (Fsp3) is 0.208. The van der Waals surface area contributed by atoms with Gasteiger partial charge in [0.2, 0.25) is 0 Å². The molecule has 0 bridgehead atoms. The molecule has 1 aliphatic heterocycles. The highest BCUT2D eigenvalue weighted by atomic mass is 35.5. The van der Waals surface area contributed by atoms with E-state index in [2.05, 4.69) is 4.99 Å². The largest absolute Gasteiger partial charge is 0.497 e. The fourth-order valence-electron chi connectivity index (χ4n) is 3.64. The maximum atomic E-state index is 13.5. The molecule has 0 fully saturated rings. The lowest BCUT2D eigenvalue weighted by Gasteiger charge is -2.24. The van der Waals surface area contributed by atoms with Crippen LogP contribution in [0.1, 0.15) is 31.0 Å². The maximum Gasteiger partial charge on any atom is 0.338 e. The Bertz CT molecular complexity index is 1390. The standard InChI is InChI=1S/C24H21ClN2O4S/c1-4-31-23(29)20-14(2)26-24-27(21(20)16-8-10-18(30-3)11-9-16)22(28)19(32-24)13-15-6-5-7-17(25)12-15/h5-13,21H,4H2,1-3H3/b19-13+. The first-order valence-corrected chi connectivity index (χ1v) is 11.2. The van der Waals surface area contributed by atoms with Crippen molar-refractivity contribution in [2.45, 2.75) is 19.9 Å². The summed E-state index contributed by atoms with van der Waals surface area (Å²) < 4.78 is 12.6. The lowest BCUT2D eigenvalue weighted by Crippen LogP contribution is -2.39. The summed E-state index contributed by atoms with van der Waals surface area (Å²) in [5.74, 6) is 0.194. The molecule has 2 heterocycles. The van der Waals surface area contributed by atoms with Crippen molar-refractivity contribution in [1.29, 1.82) is 0 Å². The first kappa shape index (κ1) is 22.0. The molecule has 1 aromatic heterocycles. The number of fused-ring (bicyclic) bond motifs is 1. The van der Waals surface area contributed by atoms with Gasteiger partial charge < -0.3 is 9.47 Å². The lowest BCUT2D eigenvalue weighted by atomic mass is 9.96. The molecule has 164 valence electrons. The molecular formula is C24H21ClN2O4S. The first-order valence-electron chi connectivity index (χ1n) is 10.0. The molecule has 0 spiro atoms. The van der Waals surface area contributed by atoms with Crippen LogP contribution in [0.3, 0.4) is 0 Å². The van der Waals surface area contributed by atoms with E-state index in [0.717, 1.165) is 11.1 Å². The summed E-state index contributed by atoms with van der Waals surface area (Å²) in [6.07, 6.45) is 1.78. The molecule has 1 aliphatic rings. The number of carbonyl (C=O) groups excluding carboxylic acids is 1. The number of esters is 1. The zero-order valence-electron chi connectivity index (χ0n) is 17.8. The van der Waals surface area contributed by atoms with Crippen molar-refractivity contribution < 1.29 is 14.3 Å². The highest BCUT2D eigenvalue weighted by Gasteiger charge is 2.33. The second kappa shape index (κ2) is 9.14. The van der Waals surface area contributed by atoms with E-state index in [1.54, 1.807) is 55.9 Å². The van der Waals surface area contributed by atoms with Gasteiger partial charge in [-0.25, -0.2) is 9.79 Å². The van der Waals surface area contributed by atoms with Crippen LogP contribution >= 0.6 is 22.9 Å². The monoisotopic (exact) mass is 468 g/mol. The molecule has 4 rings (SSSR count). The summed E-state index contributed by atoms with van der Waals surface area (Å²) in [6.45, 7) is 3.73. The predicted octanol–water partition coefficient (Wildman–Crippen LogP) is 3.46. The van der Waals surface area contributed by atoms with Crippen molar-refractivity contribution in [2.24, 2.45) is 4.99 Å². The summed E-state index contributed by atoms with van der Waals surface area (Å²) in [4.78, 5) is 31.5.